The Balaban J connectivity index is 1.74. The molecule has 3 aromatic rings. The molecule has 7 heteroatoms. The van der Waals surface area contributed by atoms with Crippen molar-refractivity contribution in [3.05, 3.63) is 53.6 Å². The van der Waals surface area contributed by atoms with E-state index in [1.165, 1.54) is 11.8 Å². The normalized spacial score (nSPS) is 12.8. The van der Waals surface area contributed by atoms with Crippen molar-refractivity contribution in [2.75, 3.05) is 0 Å². The number of carbonyl (C=O) groups excluding carboxylic acids is 1. The van der Waals surface area contributed by atoms with E-state index in [-0.39, 0.29) is 17.5 Å². The summed E-state index contributed by atoms with van der Waals surface area (Å²) >= 11 is 7.22. The van der Waals surface area contributed by atoms with Gasteiger partial charge in [0.25, 0.3) is 5.91 Å². The smallest absolute Gasteiger partial charge is 0.277 e. The number of nitrogens with one attached hydrogen (secondary N) is 1. The number of azo groups is 1. The van der Waals surface area contributed by atoms with Crippen LogP contribution in [-0.4, -0.2) is 21.2 Å². The summed E-state index contributed by atoms with van der Waals surface area (Å²) in [6, 6.07) is 14.5. The summed E-state index contributed by atoms with van der Waals surface area (Å²) < 4.78 is 0. The molecule has 0 unspecified atom stereocenters. The van der Waals surface area contributed by atoms with E-state index in [2.05, 4.69) is 15.2 Å². The van der Waals surface area contributed by atoms with Crippen LogP contribution in [0.4, 0.5) is 5.69 Å². The third kappa shape index (κ3) is 3.60. The highest BCUT2D eigenvalue weighted by atomic mass is 35.5. The summed E-state index contributed by atoms with van der Waals surface area (Å²) in [7, 11) is 0. The van der Waals surface area contributed by atoms with Crippen molar-refractivity contribution < 1.29 is 9.90 Å². The van der Waals surface area contributed by atoms with Crippen molar-refractivity contribution in [1.82, 2.24) is 4.98 Å². The monoisotopic (exact) mass is 359 g/mol. The maximum absolute atomic E-state index is 12.2. The van der Waals surface area contributed by atoms with Gasteiger partial charge in [0.1, 0.15) is 0 Å². The predicted molar refractivity (Wildman–Crippen MR) is 96.3 cm³/mol. The number of aromatic hydroxyl groups is 1. The van der Waals surface area contributed by atoms with Crippen molar-refractivity contribution in [3.8, 4) is 5.88 Å². The van der Waals surface area contributed by atoms with Crippen LogP contribution in [0.1, 0.15) is 6.92 Å². The Kier molecular flexibility index (Phi) is 4.87. The molecule has 1 heterocycles. The van der Waals surface area contributed by atoms with Gasteiger partial charge in [-0.25, -0.2) is 0 Å². The van der Waals surface area contributed by atoms with E-state index in [4.69, 9.17) is 11.6 Å². The lowest BCUT2D eigenvalue weighted by Crippen LogP contribution is -2.09. The van der Waals surface area contributed by atoms with Gasteiger partial charge in [-0.1, -0.05) is 29.8 Å². The number of hydrogen-bond donors (Lipinski definition) is 2. The number of hydrogen-bond acceptors (Lipinski definition) is 4. The van der Waals surface area contributed by atoms with Crippen molar-refractivity contribution in [3.63, 3.8) is 0 Å². The Labute approximate surface area is 147 Å². The number of aromatic nitrogens is 1. The minimum absolute atomic E-state index is 0.106. The summed E-state index contributed by atoms with van der Waals surface area (Å²) in [5.41, 5.74) is 1.00. The molecule has 0 saturated heterocycles. The molecule has 5 nitrogen and oxygen atoms in total. The molecule has 0 saturated carbocycles. The largest absolute Gasteiger partial charge is 0.493 e. The number of thioether (sulfide) groups is 1. The zero-order valence-corrected chi connectivity index (χ0v) is 14.3. The second-order valence-corrected chi connectivity index (χ2v) is 6.97. The second kappa shape index (κ2) is 7.07. The van der Waals surface area contributed by atoms with Gasteiger partial charge in [0.05, 0.1) is 10.8 Å². The van der Waals surface area contributed by atoms with E-state index in [0.29, 0.717) is 10.4 Å². The van der Waals surface area contributed by atoms with E-state index in [1.807, 2.05) is 30.3 Å². The number of benzene rings is 2. The first-order valence-corrected chi connectivity index (χ1v) is 8.48. The van der Waals surface area contributed by atoms with E-state index in [9.17, 15) is 9.90 Å². The molecule has 0 aliphatic rings. The molecule has 0 aliphatic heterocycles. The van der Waals surface area contributed by atoms with Crippen molar-refractivity contribution >= 4 is 45.9 Å². The molecule has 24 heavy (non-hydrogen) atoms. The molecule has 1 aromatic heterocycles. The third-order valence-corrected chi connectivity index (χ3v) is 4.73. The average molecular weight is 360 g/mol. The SMILES string of the molecule is C[C@H](Sc1ccc(Cl)cc1)C(=O)N=Nc1c(O)[nH]c2ccccc12. The molecule has 0 bridgehead atoms. The first-order chi connectivity index (χ1) is 11.5. The number of H-pyrrole nitrogens is 1. The highest BCUT2D eigenvalue weighted by molar-refractivity contribution is 8.00. The van der Waals surface area contributed by atoms with Crippen LogP contribution >= 0.6 is 23.4 Å². The lowest BCUT2D eigenvalue weighted by Gasteiger charge is -2.06. The highest BCUT2D eigenvalue weighted by Gasteiger charge is 2.15. The van der Waals surface area contributed by atoms with Crippen LogP contribution < -0.4 is 0 Å². The lowest BCUT2D eigenvalue weighted by molar-refractivity contribution is -0.117. The van der Waals surface area contributed by atoms with Crippen molar-refractivity contribution in [2.24, 2.45) is 10.2 Å². The molecule has 1 amide bonds. The maximum Gasteiger partial charge on any atom is 0.277 e. The van der Waals surface area contributed by atoms with Crippen LogP contribution in [0.25, 0.3) is 10.9 Å². The van der Waals surface area contributed by atoms with Crippen molar-refractivity contribution in [1.29, 1.82) is 0 Å². The topological polar surface area (TPSA) is 77.8 Å². The van der Waals surface area contributed by atoms with Gasteiger partial charge in [-0.2, -0.15) is 0 Å². The first-order valence-electron chi connectivity index (χ1n) is 7.22. The fraction of sp³-hybridized carbons (Fsp3) is 0.118. The predicted octanol–water partition coefficient (Wildman–Crippen LogP) is 5.32. The second-order valence-electron chi connectivity index (χ2n) is 5.12. The Morgan fingerprint density at radius 3 is 2.67 bits per heavy atom. The van der Waals surface area contributed by atoms with Crippen LogP contribution in [-0.2, 0) is 4.79 Å². The lowest BCUT2D eigenvalue weighted by atomic mass is 10.2. The van der Waals surface area contributed by atoms with E-state index < -0.39 is 5.25 Å². The van der Waals surface area contributed by atoms with Gasteiger partial charge in [0.15, 0.2) is 5.69 Å². The highest BCUT2D eigenvalue weighted by Crippen LogP contribution is 2.35. The molecule has 2 aromatic carbocycles. The summed E-state index contributed by atoms with van der Waals surface area (Å²) in [4.78, 5) is 15.9. The summed E-state index contributed by atoms with van der Waals surface area (Å²) in [5.74, 6) is -0.481. The van der Waals surface area contributed by atoms with E-state index in [0.717, 1.165) is 10.4 Å². The van der Waals surface area contributed by atoms with E-state index in [1.54, 1.807) is 25.1 Å². The number of carbonyl (C=O) groups is 1. The molecule has 0 radical (unpaired) electrons. The van der Waals surface area contributed by atoms with Gasteiger partial charge >= 0.3 is 0 Å². The van der Waals surface area contributed by atoms with Gasteiger partial charge < -0.3 is 10.1 Å². The average Bonchev–Trinajstić information content (AvgIpc) is 2.90. The maximum atomic E-state index is 12.2. The Morgan fingerprint density at radius 1 is 1.21 bits per heavy atom. The van der Waals surface area contributed by atoms with Crippen LogP contribution in [0, 0.1) is 0 Å². The minimum Gasteiger partial charge on any atom is -0.493 e. The van der Waals surface area contributed by atoms with Crippen LogP contribution in [0.15, 0.2) is 63.7 Å². The molecule has 0 fully saturated rings. The summed E-state index contributed by atoms with van der Waals surface area (Å²) in [5, 5.41) is 18.5. The molecule has 0 spiro atoms. The zero-order valence-electron chi connectivity index (χ0n) is 12.7. The fourth-order valence-electron chi connectivity index (χ4n) is 2.16. The van der Waals surface area contributed by atoms with Gasteiger partial charge in [-0.15, -0.1) is 22.0 Å². The number of amides is 1. The van der Waals surface area contributed by atoms with Gasteiger partial charge in [0.2, 0.25) is 5.88 Å². The molecule has 1 atom stereocenters. The number of halogens is 1. The molecule has 2 N–H and O–H groups in total. The minimum atomic E-state index is -0.401. The number of aromatic amines is 1. The number of rotatable bonds is 4. The Bertz CT molecular complexity index is 906. The van der Waals surface area contributed by atoms with Crippen LogP contribution in [0.5, 0.6) is 5.88 Å². The van der Waals surface area contributed by atoms with E-state index >= 15 is 0 Å². The summed E-state index contributed by atoms with van der Waals surface area (Å²) in [6.07, 6.45) is 0. The van der Waals surface area contributed by atoms with Crippen LogP contribution in [0.2, 0.25) is 5.02 Å². The zero-order chi connectivity index (χ0) is 17.1. The third-order valence-electron chi connectivity index (χ3n) is 3.38. The number of nitrogens with zero attached hydrogens (tertiary/aromatic N) is 2. The molecule has 3 rings (SSSR count). The molecular weight excluding hydrogens is 346 g/mol. The Morgan fingerprint density at radius 2 is 1.92 bits per heavy atom. The number of para-hydroxylation sites is 1. The quantitative estimate of drug-likeness (QED) is 0.489. The van der Waals surface area contributed by atoms with Crippen molar-refractivity contribution in [2.45, 2.75) is 17.1 Å². The summed E-state index contributed by atoms with van der Waals surface area (Å²) in [6.45, 7) is 1.76. The molecular formula is C17H14ClN3O2S. The Hall–Kier alpha value is -2.31. The van der Waals surface area contributed by atoms with Gasteiger partial charge in [-0.05, 0) is 37.3 Å². The standard InChI is InChI=1S/C17H14ClN3O2S/c1-10(24-12-8-6-11(18)7-9-12)16(22)21-20-15-13-4-2-3-5-14(13)19-17(15)23/h2-10,19,23H,1H3/t10-/m0/s1. The van der Waals surface area contributed by atoms with Gasteiger partial charge in [0, 0.05) is 15.3 Å². The molecule has 0 aliphatic carbocycles. The molecule has 122 valence electrons. The van der Waals surface area contributed by atoms with Crippen LogP contribution in [0.3, 0.4) is 0 Å². The fourth-order valence-corrected chi connectivity index (χ4v) is 3.14. The number of fused-ring (bicyclic) bond motifs is 1. The first kappa shape index (κ1) is 16.5. The van der Waals surface area contributed by atoms with Gasteiger partial charge in [-0.3, -0.25) is 4.79 Å².